The number of methoxy groups -OCH3 is 2. The summed E-state index contributed by atoms with van der Waals surface area (Å²) in [4.78, 5) is 16.8. The second kappa shape index (κ2) is 5.93. The van der Waals surface area contributed by atoms with E-state index in [1.54, 1.807) is 14.2 Å². The third kappa shape index (κ3) is 2.52. The number of nitrogens with zero attached hydrogens (tertiary/aromatic N) is 1. The van der Waals surface area contributed by atoms with Gasteiger partial charge >= 0.3 is 0 Å². The Kier molecular flexibility index (Phi) is 3.98. The Hall–Kier alpha value is -2.14. The van der Waals surface area contributed by atoms with Crippen LogP contribution in [0.2, 0.25) is 0 Å². The van der Waals surface area contributed by atoms with Gasteiger partial charge in [0.25, 0.3) is 5.91 Å². The van der Waals surface area contributed by atoms with Crippen molar-refractivity contribution in [1.82, 2.24) is 10.3 Å². The van der Waals surface area contributed by atoms with Gasteiger partial charge in [-0.25, -0.2) is 4.98 Å². The Morgan fingerprint density at radius 2 is 2.09 bits per heavy atom. The minimum Gasteiger partial charge on any atom is -0.481 e. The van der Waals surface area contributed by atoms with E-state index in [1.807, 2.05) is 30.3 Å². The predicted molar refractivity (Wildman–Crippen MR) is 83.7 cm³/mol. The molecular formula is C17H20N2O3. The minimum absolute atomic E-state index is 0.0406. The number of carbonyl (C=O) groups excluding carboxylic acids is 1. The van der Waals surface area contributed by atoms with E-state index in [4.69, 9.17) is 9.47 Å². The van der Waals surface area contributed by atoms with Crippen LogP contribution >= 0.6 is 0 Å². The van der Waals surface area contributed by atoms with Crippen LogP contribution in [0.15, 0.2) is 30.3 Å². The van der Waals surface area contributed by atoms with Crippen molar-refractivity contribution < 1.29 is 14.3 Å². The number of fused-ring (bicyclic) bond motifs is 1. The summed E-state index contributed by atoms with van der Waals surface area (Å²) in [5.74, 6) is 0.508. The number of ether oxygens (including phenoxy) is 2. The molecule has 22 heavy (non-hydrogen) atoms. The zero-order chi connectivity index (χ0) is 15.6. The Bertz CT molecular complexity index is 690. The summed E-state index contributed by atoms with van der Waals surface area (Å²) < 4.78 is 10.6. The van der Waals surface area contributed by atoms with Crippen molar-refractivity contribution >= 4 is 16.8 Å². The maximum Gasteiger partial charge on any atom is 0.252 e. The van der Waals surface area contributed by atoms with Crippen molar-refractivity contribution in [2.75, 3.05) is 14.2 Å². The summed E-state index contributed by atoms with van der Waals surface area (Å²) in [6.07, 6.45) is 2.61. The highest BCUT2D eigenvalue weighted by atomic mass is 16.5. The number of pyridine rings is 1. The van der Waals surface area contributed by atoms with Gasteiger partial charge in [0.05, 0.1) is 12.6 Å². The van der Waals surface area contributed by atoms with Crippen molar-refractivity contribution in [2.24, 2.45) is 0 Å². The normalized spacial score (nSPS) is 16.1. The highest BCUT2D eigenvalue weighted by Gasteiger charge is 2.44. The fourth-order valence-corrected chi connectivity index (χ4v) is 2.83. The van der Waals surface area contributed by atoms with Gasteiger partial charge in [-0.1, -0.05) is 18.2 Å². The number of amides is 1. The van der Waals surface area contributed by atoms with E-state index in [9.17, 15) is 4.79 Å². The smallest absolute Gasteiger partial charge is 0.252 e. The number of nitrogens with one attached hydrogen (secondary N) is 1. The van der Waals surface area contributed by atoms with Crippen LogP contribution in [0, 0.1) is 0 Å². The molecule has 116 valence electrons. The van der Waals surface area contributed by atoms with Crippen LogP contribution in [0.25, 0.3) is 10.9 Å². The lowest BCUT2D eigenvalue weighted by molar-refractivity contribution is -0.154. The molecule has 1 aromatic carbocycles. The maximum absolute atomic E-state index is 12.4. The van der Waals surface area contributed by atoms with Crippen molar-refractivity contribution in [3.05, 3.63) is 35.9 Å². The molecule has 1 aliphatic rings. The van der Waals surface area contributed by atoms with Gasteiger partial charge in [-0.05, 0) is 30.9 Å². The zero-order valence-corrected chi connectivity index (χ0v) is 12.9. The second-order valence-electron chi connectivity index (χ2n) is 5.58. The van der Waals surface area contributed by atoms with Crippen LogP contribution in [0.3, 0.4) is 0 Å². The number of hydrogen-bond donors (Lipinski definition) is 1. The molecule has 5 nitrogen and oxygen atoms in total. The van der Waals surface area contributed by atoms with Crippen LogP contribution in [-0.2, 0) is 16.1 Å². The molecule has 1 fully saturated rings. The molecule has 1 heterocycles. The lowest BCUT2D eigenvalue weighted by Gasteiger charge is -2.38. The van der Waals surface area contributed by atoms with Crippen LogP contribution < -0.4 is 10.1 Å². The van der Waals surface area contributed by atoms with Gasteiger partial charge in [-0.15, -0.1) is 0 Å². The van der Waals surface area contributed by atoms with Gasteiger partial charge in [0, 0.05) is 25.1 Å². The van der Waals surface area contributed by atoms with Gasteiger partial charge < -0.3 is 14.8 Å². The molecule has 1 aromatic heterocycles. The number of rotatable bonds is 5. The average Bonchev–Trinajstić information content (AvgIpc) is 2.51. The summed E-state index contributed by atoms with van der Waals surface area (Å²) in [5, 5.41) is 4.01. The van der Waals surface area contributed by atoms with E-state index >= 15 is 0 Å². The fourth-order valence-electron chi connectivity index (χ4n) is 2.83. The van der Waals surface area contributed by atoms with Crippen molar-refractivity contribution in [3.8, 4) is 5.88 Å². The van der Waals surface area contributed by atoms with Gasteiger partial charge in [0.15, 0.2) is 0 Å². The number of carbonyl (C=O) groups is 1. The van der Waals surface area contributed by atoms with Crippen LogP contribution in [0.1, 0.15) is 24.8 Å². The molecule has 1 amide bonds. The molecule has 0 spiro atoms. The number of para-hydroxylation sites is 1. The zero-order valence-electron chi connectivity index (χ0n) is 12.9. The first kappa shape index (κ1) is 14.8. The van der Waals surface area contributed by atoms with E-state index in [-0.39, 0.29) is 5.91 Å². The summed E-state index contributed by atoms with van der Waals surface area (Å²) >= 11 is 0. The van der Waals surface area contributed by atoms with Crippen molar-refractivity contribution in [1.29, 1.82) is 0 Å². The molecule has 2 aromatic rings. The molecule has 0 aliphatic heterocycles. The maximum atomic E-state index is 12.4. The molecule has 1 saturated carbocycles. The van der Waals surface area contributed by atoms with Crippen LogP contribution in [0.4, 0.5) is 0 Å². The fraction of sp³-hybridized carbons (Fsp3) is 0.412. The lowest BCUT2D eigenvalue weighted by Crippen LogP contribution is -2.52. The third-order valence-corrected chi connectivity index (χ3v) is 4.39. The summed E-state index contributed by atoms with van der Waals surface area (Å²) in [6, 6.07) is 9.70. The molecule has 0 bridgehead atoms. The van der Waals surface area contributed by atoms with Crippen LogP contribution in [0.5, 0.6) is 5.88 Å². The average molecular weight is 300 g/mol. The highest BCUT2D eigenvalue weighted by molar-refractivity contribution is 5.87. The Balaban J connectivity index is 1.83. The minimum atomic E-state index is -0.632. The largest absolute Gasteiger partial charge is 0.481 e. The van der Waals surface area contributed by atoms with Crippen molar-refractivity contribution in [2.45, 2.75) is 31.4 Å². The van der Waals surface area contributed by atoms with E-state index in [0.717, 1.165) is 35.7 Å². The summed E-state index contributed by atoms with van der Waals surface area (Å²) in [7, 11) is 3.19. The van der Waals surface area contributed by atoms with Gasteiger partial charge in [0.2, 0.25) is 5.88 Å². The van der Waals surface area contributed by atoms with Crippen LogP contribution in [-0.4, -0.2) is 30.7 Å². The number of aromatic nitrogens is 1. The number of hydrogen-bond acceptors (Lipinski definition) is 4. The Morgan fingerprint density at radius 3 is 2.73 bits per heavy atom. The molecule has 0 radical (unpaired) electrons. The lowest BCUT2D eigenvalue weighted by atomic mass is 9.79. The van der Waals surface area contributed by atoms with Crippen molar-refractivity contribution in [3.63, 3.8) is 0 Å². The van der Waals surface area contributed by atoms with E-state index < -0.39 is 5.60 Å². The molecule has 0 unspecified atom stereocenters. The van der Waals surface area contributed by atoms with Gasteiger partial charge in [-0.3, -0.25) is 4.79 Å². The first-order valence-electron chi connectivity index (χ1n) is 7.44. The molecular weight excluding hydrogens is 280 g/mol. The SMILES string of the molecule is COc1cc(CNC(=O)C2(OC)CCC2)c2ccccc2n1. The summed E-state index contributed by atoms with van der Waals surface area (Å²) in [5.41, 5.74) is 1.21. The highest BCUT2D eigenvalue weighted by Crippen LogP contribution is 2.35. The molecule has 1 N–H and O–H groups in total. The molecule has 0 atom stereocenters. The van der Waals surface area contributed by atoms with E-state index in [1.165, 1.54) is 0 Å². The first-order valence-corrected chi connectivity index (χ1v) is 7.44. The Morgan fingerprint density at radius 1 is 1.32 bits per heavy atom. The van der Waals surface area contributed by atoms with E-state index in [0.29, 0.717) is 12.4 Å². The second-order valence-corrected chi connectivity index (χ2v) is 5.58. The third-order valence-electron chi connectivity index (χ3n) is 4.39. The van der Waals surface area contributed by atoms with Gasteiger partial charge in [-0.2, -0.15) is 0 Å². The first-order chi connectivity index (χ1) is 10.7. The molecule has 0 saturated heterocycles. The summed E-state index contributed by atoms with van der Waals surface area (Å²) in [6.45, 7) is 0.434. The Labute approximate surface area is 129 Å². The molecule has 5 heteroatoms. The standard InChI is InChI=1S/C17H20N2O3/c1-21-15-10-12(13-6-3-4-7-14(13)19-15)11-18-16(20)17(22-2)8-5-9-17/h3-4,6-7,10H,5,8-9,11H2,1-2H3,(H,18,20). The molecule has 1 aliphatic carbocycles. The topological polar surface area (TPSA) is 60.5 Å². The van der Waals surface area contributed by atoms with Gasteiger partial charge in [0.1, 0.15) is 5.60 Å². The van der Waals surface area contributed by atoms with E-state index in [2.05, 4.69) is 10.3 Å². The molecule has 3 rings (SSSR count). The predicted octanol–water partition coefficient (Wildman–Crippen LogP) is 2.43. The monoisotopic (exact) mass is 300 g/mol. The number of benzene rings is 1. The quantitative estimate of drug-likeness (QED) is 0.921.